The minimum Gasteiger partial charge on any atom is -0.504 e. The van der Waals surface area contributed by atoms with Crippen molar-refractivity contribution in [3.8, 4) is 23.0 Å². The largest absolute Gasteiger partial charge is 0.504 e. The van der Waals surface area contributed by atoms with Gasteiger partial charge in [-0.15, -0.1) is 0 Å². The van der Waals surface area contributed by atoms with Crippen LogP contribution in [0.3, 0.4) is 0 Å². The molecule has 3 aliphatic rings. The van der Waals surface area contributed by atoms with E-state index in [-0.39, 0.29) is 35.9 Å². The molecule has 8 nitrogen and oxygen atoms in total. The Morgan fingerprint density at radius 3 is 2.23 bits per heavy atom. The van der Waals surface area contributed by atoms with E-state index in [0.717, 1.165) is 37.7 Å². The maximum absolute atomic E-state index is 13.9. The molecule has 2 aromatic rings. The molecule has 0 radical (unpaired) electrons. The number of esters is 1. The number of methoxy groups -OCH3 is 3. The zero-order valence-electron chi connectivity index (χ0n) is 23.6. The van der Waals surface area contributed by atoms with Gasteiger partial charge in [0.2, 0.25) is 0 Å². The zero-order valence-corrected chi connectivity index (χ0v) is 23.6. The number of ketones is 1. The molecule has 2 aromatic carbocycles. The molecule has 5 rings (SSSR count). The lowest BCUT2D eigenvalue weighted by molar-refractivity contribution is -0.153. The number of rotatable bonds is 7. The average Bonchev–Trinajstić information content (AvgIpc) is 2.96. The SMILES string of the molecule is COc1ccc([C@@H]2C3=C(C[C@H](c4ccc(OC)c(OC)c4)CC3=O)N=C(C)C2C(=O)OC2CCCCC2)cc1O. The normalized spacial score (nSPS) is 23.2. The Hall–Kier alpha value is -3.81. The Morgan fingerprint density at radius 2 is 1.55 bits per heavy atom. The van der Waals surface area contributed by atoms with Crippen molar-refractivity contribution in [3.63, 3.8) is 0 Å². The standard InChI is InChI=1S/C32H37NO7/c1-18-29(32(36)40-22-8-6-5-7-9-22)30(20-11-12-26(37-2)24(34)15-20)31-23(33-18)14-21(16-25(31)35)19-10-13-27(38-3)28(17-19)39-4/h10-13,15,17,21-22,29-30,34H,5-9,14,16H2,1-4H3/t21-,29?,30-/m0/s1. The molecular weight excluding hydrogens is 510 g/mol. The number of hydrogen-bond acceptors (Lipinski definition) is 8. The molecule has 1 aliphatic heterocycles. The first-order valence-electron chi connectivity index (χ1n) is 13.9. The van der Waals surface area contributed by atoms with E-state index < -0.39 is 11.8 Å². The molecule has 40 heavy (non-hydrogen) atoms. The number of phenols is 1. The van der Waals surface area contributed by atoms with Crippen molar-refractivity contribution in [2.75, 3.05) is 21.3 Å². The molecule has 2 aliphatic carbocycles. The molecule has 0 spiro atoms. The number of nitrogens with zero attached hydrogens (tertiary/aromatic N) is 1. The molecular formula is C32H37NO7. The van der Waals surface area contributed by atoms with Gasteiger partial charge in [-0.3, -0.25) is 14.6 Å². The molecule has 0 amide bonds. The van der Waals surface area contributed by atoms with Crippen molar-refractivity contribution in [1.29, 1.82) is 0 Å². The third kappa shape index (κ3) is 5.31. The topological polar surface area (TPSA) is 104 Å². The van der Waals surface area contributed by atoms with Crippen LogP contribution in [-0.4, -0.2) is 50.0 Å². The highest BCUT2D eigenvalue weighted by Gasteiger charge is 2.45. The number of Topliss-reactive ketones (excluding diaryl/α,β-unsaturated/α-hetero) is 1. The van der Waals surface area contributed by atoms with Crippen molar-refractivity contribution in [2.24, 2.45) is 10.9 Å². The summed E-state index contributed by atoms with van der Waals surface area (Å²) in [5, 5.41) is 10.6. The first-order valence-corrected chi connectivity index (χ1v) is 13.9. The molecule has 1 N–H and O–H groups in total. The van der Waals surface area contributed by atoms with Gasteiger partial charge < -0.3 is 24.1 Å². The molecule has 0 aromatic heterocycles. The number of aromatic hydroxyl groups is 1. The van der Waals surface area contributed by atoms with E-state index >= 15 is 0 Å². The Bertz CT molecular complexity index is 1360. The van der Waals surface area contributed by atoms with E-state index in [0.29, 0.717) is 46.2 Å². The summed E-state index contributed by atoms with van der Waals surface area (Å²) in [6, 6.07) is 10.8. The van der Waals surface area contributed by atoms with E-state index in [2.05, 4.69) is 0 Å². The van der Waals surface area contributed by atoms with Crippen LogP contribution in [0.25, 0.3) is 0 Å². The second-order valence-corrected chi connectivity index (χ2v) is 10.8. The van der Waals surface area contributed by atoms with Gasteiger partial charge in [0.1, 0.15) is 12.0 Å². The van der Waals surface area contributed by atoms with Gasteiger partial charge in [0.15, 0.2) is 28.8 Å². The number of aliphatic imine (C=N–C) groups is 1. The first-order chi connectivity index (χ1) is 19.3. The highest BCUT2D eigenvalue weighted by atomic mass is 16.5. The van der Waals surface area contributed by atoms with Gasteiger partial charge in [-0.2, -0.15) is 0 Å². The van der Waals surface area contributed by atoms with Gasteiger partial charge in [0.25, 0.3) is 0 Å². The Balaban J connectivity index is 1.54. The number of hydrogen-bond donors (Lipinski definition) is 1. The minimum absolute atomic E-state index is 0.0480. The number of carbonyl (C=O) groups excluding carboxylic acids is 2. The van der Waals surface area contributed by atoms with Gasteiger partial charge in [-0.25, -0.2) is 0 Å². The summed E-state index contributed by atoms with van der Waals surface area (Å²) < 4.78 is 22.1. The van der Waals surface area contributed by atoms with Crippen LogP contribution < -0.4 is 14.2 Å². The fourth-order valence-corrected chi connectivity index (χ4v) is 6.39. The predicted molar refractivity (Wildman–Crippen MR) is 151 cm³/mol. The van der Waals surface area contributed by atoms with E-state index in [1.807, 2.05) is 25.1 Å². The van der Waals surface area contributed by atoms with Crippen molar-refractivity contribution in [1.82, 2.24) is 0 Å². The third-order valence-corrected chi connectivity index (χ3v) is 8.42. The smallest absolute Gasteiger partial charge is 0.315 e. The highest BCUT2D eigenvalue weighted by Crippen LogP contribution is 2.48. The molecule has 1 fully saturated rings. The van der Waals surface area contributed by atoms with Crippen molar-refractivity contribution >= 4 is 17.5 Å². The summed E-state index contributed by atoms with van der Waals surface area (Å²) in [5.41, 5.74) is 3.43. The number of ether oxygens (including phenoxy) is 4. The third-order valence-electron chi connectivity index (χ3n) is 8.42. The Morgan fingerprint density at radius 1 is 0.875 bits per heavy atom. The average molecular weight is 548 g/mol. The van der Waals surface area contributed by atoms with Crippen LogP contribution in [0.4, 0.5) is 0 Å². The lowest BCUT2D eigenvalue weighted by Gasteiger charge is -2.37. The second kappa shape index (κ2) is 11.7. The minimum atomic E-state index is -0.755. The van der Waals surface area contributed by atoms with Crippen LogP contribution in [0.2, 0.25) is 0 Å². The molecule has 3 atom stereocenters. The first kappa shape index (κ1) is 27.7. The molecule has 0 bridgehead atoms. The monoisotopic (exact) mass is 547 g/mol. The van der Waals surface area contributed by atoms with Crippen LogP contribution in [0, 0.1) is 5.92 Å². The van der Waals surface area contributed by atoms with Crippen molar-refractivity contribution < 1.29 is 33.6 Å². The van der Waals surface area contributed by atoms with Crippen molar-refractivity contribution in [2.45, 2.75) is 69.8 Å². The summed E-state index contributed by atoms with van der Waals surface area (Å²) in [6.45, 7) is 1.83. The van der Waals surface area contributed by atoms with Crippen LogP contribution in [0.5, 0.6) is 23.0 Å². The Labute approximate surface area is 235 Å². The quantitative estimate of drug-likeness (QED) is 0.433. The van der Waals surface area contributed by atoms with Crippen molar-refractivity contribution in [3.05, 3.63) is 58.8 Å². The molecule has 1 heterocycles. The summed E-state index contributed by atoms with van der Waals surface area (Å²) in [7, 11) is 4.66. The van der Waals surface area contributed by atoms with Gasteiger partial charge >= 0.3 is 5.97 Å². The predicted octanol–water partition coefficient (Wildman–Crippen LogP) is 5.87. The zero-order chi connectivity index (χ0) is 28.4. The summed E-state index contributed by atoms with van der Waals surface area (Å²) >= 11 is 0. The molecule has 1 saturated carbocycles. The summed E-state index contributed by atoms with van der Waals surface area (Å²) in [4.78, 5) is 32.5. The van der Waals surface area contributed by atoms with Gasteiger partial charge in [-0.1, -0.05) is 18.6 Å². The van der Waals surface area contributed by atoms with E-state index in [1.165, 1.54) is 7.11 Å². The van der Waals surface area contributed by atoms with Gasteiger partial charge in [0, 0.05) is 29.3 Å². The summed E-state index contributed by atoms with van der Waals surface area (Å²) in [6.07, 6.45) is 5.62. The van der Waals surface area contributed by atoms with E-state index in [1.54, 1.807) is 32.4 Å². The van der Waals surface area contributed by atoms with Crippen LogP contribution in [-0.2, 0) is 14.3 Å². The highest BCUT2D eigenvalue weighted by molar-refractivity contribution is 6.09. The van der Waals surface area contributed by atoms with E-state index in [9.17, 15) is 14.7 Å². The van der Waals surface area contributed by atoms with Gasteiger partial charge in [-0.05, 0) is 80.3 Å². The maximum atomic E-state index is 13.9. The van der Waals surface area contributed by atoms with Gasteiger partial charge in [0.05, 0.1) is 21.3 Å². The number of phenolic OH excluding ortho intramolecular Hbond substituents is 1. The van der Waals surface area contributed by atoms with Crippen LogP contribution >= 0.6 is 0 Å². The van der Waals surface area contributed by atoms with Crippen LogP contribution in [0.15, 0.2) is 52.7 Å². The molecule has 8 heteroatoms. The fraction of sp³-hybridized carbons (Fsp3) is 0.469. The molecule has 1 unspecified atom stereocenters. The number of carbonyl (C=O) groups is 2. The fourth-order valence-electron chi connectivity index (χ4n) is 6.39. The van der Waals surface area contributed by atoms with E-state index in [4.69, 9.17) is 23.9 Å². The summed E-state index contributed by atoms with van der Waals surface area (Å²) in [5.74, 6) is -0.390. The number of allylic oxidation sites excluding steroid dienone is 2. The Kier molecular flexibility index (Phi) is 8.14. The number of benzene rings is 2. The molecule has 0 saturated heterocycles. The maximum Gasteiger partial charge on any atom is 0.315 e. The molecule has 212 valence electrons. The van der Waals surface area contributed by atoms with Crippen LogP contribution in [0.1, 0.15) is 74.8 Å². The second-order valence-electron chi connectivity index (χ2n) is 10.8. The lowest BCUT2D eigenvalue weighted by atomic mass is 9.69. The lowest BCUT2D eigenvalue weighted by Crippen LogP contribution is -2.39.